The molecule has 0 N–H and O–H groups in total. The van der Waals surface area contributed by atoms with Gasteiger partial charge in [0, 0.05) is 12.1 Å². The lowest BCUT2D eigenvalue weighted by Crippen LogP contribution is -2.50. The van der Waals surface area contributed by atoms with Gasteiger partial charge >= 0.3 is 0 Å². The molecule has 2 aliphatic heterocycles. The van der Waals surface area contributed by atoms with Crippen LogP contribution in [0.5, 0.6) is 0 Å². The molecule has 116 valence electrons. The maximum atomic E-state index is 13.7. The molecule has 0 spiro atoms. The number of piperidine rings is 2. The highest BCUT2D eigenvalue weighted by Crippen LogP contribution is 2.40. The second kappa shape index (κ2) is 5.16. The van der Waals surface area contributed by atoms with E-state index < -0.39 is 0 Å². The van der Waals surface area contributed by atoms with E-state index in [0.29, 0.717) is 17.0 Å². The Labute approximate surface area is 129 Å². The quantitative estimate of drug-likeness (QED) is 0.853. The minimum atomic E-state index is -0.233. The molecule has 0 radical (unpaired) electrons. The smallest absolute Gasteiger partial charge is 0.234 e. The van der Waals surface area contributed by atoms with Crippen LogP contribution in [0.3, 0.4) is 0 Å². The Balaban J connectivity index is 1.67. The van der Waals surface area contributed by atoms with Crippen molar-refractivity contribution in [3.63, 3.8) is 0 Å². The van der Waals surface area contributed by atoms with Crippen molar-refractivity contribution in [1.82, 2.24) is 15.0 Å². The summed E-state index contributed by atoms with van der Waals surface area (Å²) >= 11 is 0. The van der Waals surface area contributed by atoms with Crippen molar-refractivity contribution >= 4 is 0 Å². The molecule has 2 aromatic rings. The Bertz CT molecular complexity index is 687. The molecule has 3 heterocycles. The molecule has 2 bridgehead atoms. The number of hydrogen-bond acceptors (Lipinski definition) is 4. The second-order valence-corrected chi connectivity index (χ2v) is 6.65. The zero-order valence-corrected chi connectivity index (χ0v) is 12.8. The lowest BCUT2D eigenvalue weighted by Gasteiger charge is -2.44. The van der Waals surface area contributed by atoms with Gasteiger partial charge in [0.2, 0.25) is 11.7 Å². The predicted molar refractivity (Wildman–Crippen MR) is 81.0 cm³/mol. The van der Waals surface area contributed by atoms with Crippen LogP contribution >= 0.6 is 0 Å². The van der Waals surface area contributed by atoms with Crippen LogP contribution in [0.25, 0.3) is 11.4 Å². The fourth-order valence-electron chi connectivity index (χ4n) is 3.83. The molecule has 4 nitrogen and oxygen atoms in total. The summed E-state index contributed by atoms with van der Waals surface area (Å²) < 4.78 is 19.3. The normalized spacial score (nSPS) is 27.8. The van der Waals surface area contributed by atoms with Crippen molar-refractivity contribution < 1.29 is 8.91 Å². The van der Waals surface area contributed by atoms with Gasteiger partial charge in [-0.2, -0.15) is 4.98 Å². The molecule has 1 aromatic heterocycles. The summed E-state index contributed by atoms with van der Waals surface area (Å²) in [6.07, 6.45) is 4.56. The number of hydrogen-bond donors (Lipinski definition) is 0. The van der Waals surface area contributed by atoms with Crippen LogP contribution in [0.2, 0.25) is 0 Å². The van der Waals surface area contributed by atoms with Crippen LogP contribution in [-0.4, -0.2) is 34.7 Å². The lowest BCUT2D eigenvalue weighted by atomic mass is 9.73. The minimum absolute atomic E-state index is 0.00495. The zero-order valence-electron chi connectivity index (χ0n) is 12.8. The molecule has 0 saturated carbocycles. The van der Waals surface area contributed by atoms with Gasteiger partial charge in [0.25, 0.3) is 0 Å². The summed E-state index contributed by atoms with van der Waals surface area (Å²) in [5.41, 5.74) is 1.31. The summed E-state index contributed by atoms with van der Waals surface area (Å²) in [5, 5.41) is 4.10. The number of fused-ring (bicyclic) bond motifs is 2. The third-order valence-electron chi connectivity index (χ3n) is 5.10. The van der Waals surface area contributed by atoms with E-state index in [1.165, 1.54) is 32.0 Å². The SMILES string of the molecule is Cc1ccc(-c2noc(C34CCCN(CCC3)C4)n2)cc1F. The first-order valence-electron chi connectivity index (χ1n) is 7.99. The van der Waals surface area contributed by atoms with Gasteiger partial charge in [-0.1, -0.05) is 17.3 Å². The summed E-state index contributed by atoms with van der Waals surface area (Å²) in [6.45, 7) is 5.10. The van der Waals surface area contributed by atoms with Gasteiger partial charge in [-0.15, -0.1) is 0 Å². The van der Waals surface area contributed by atoms with Crippen molar-refractivity contribution in [2.75, 3.05) is 19.6 Å². The van der Waals surface area contributed by atoms with Gasteiger partial charge < -0.3 is 9.42 Å². The van der Waals surface area contributed by atoms with Crippen LogP contribution in [0.4, 0.5) is 4.39 Å². The topological polar surface area (TPSA) is 42.2 Å². The van der Waals surface area contributed by atoms with Gasteiger partial charge in [-0.3, -0.25) is 0 Å². The number of halogens is 1. The van der Waals surface area contributed by atoms with E-state index in [0.717, 1.165) is 25.3 Å². The van der Waals surface area contributed by atoms with Crippen molar-refractivity contribution in [3.8, 4) is 11.4 Å². The molecule has 2 saturated heterocycles. The van der Waals surface area contributed by atoms with E-state index in [2.05, 4.69) is 15.0 Å². The molecule has 22 heavy (non-hydrogen) atoms. The Kier molecular flexibility index (Phi) is 3.26. The molecule has 0 amide bonds. The maximum absolute atomic E-state index is 13.7. The third-order valence-corrected chi connectivity index (χ3v) is 5.10. The summed E-state index contributed by atoms with van der Waals surface area (Å²) in [7, 11) is 0. The molecule has 4 rings (SSSR count). The van der Waals surface area contributed by atoms with E-state index >= 15 is 0 Å². The van der Waals surface area contributed by atoms with Gasteiger partial charge in [0.1, 0.15) is 5.82 Å². The molecule has 0 unspecified atom stereocenters. The summed E-state index contributed by atoms with van der Waals surface area (Å²) in [5.74, 6) is 0.988. The van der Waals surface area contributed by atoms with Crippen LogP contribution in [0, 0.1) is 12.7 Å². The molecular weight excluding hydrogens is 281 g/mol. The van der Waals surface area contributed by atoms with Crippen LogP contribution in [0.1, 0.15) is 37.1 Å². The van der Waals surface area contributed by atoms with Gasteiger partial charge in [-0.25, -0.2) is 4.39 Å². The average Bonchev–Trinajstić information content (AvgIpc) is 3.01. The van der Waals surface area contributed by atoms with Gasteiger partial charge in [-0.05, 0) is 57.3 Å². The molecule has 1 aromatic carbocycles. The Morgan fingerprint density at radius 1 is 1.23 bits per heavy atom. The molecule has 5 heteroatoms. The molecule has 2 fully saturated rings. The van der Waals surface area contributed by atoms with E-state index in [1.54, 1.807) is 13.0 Å². The number of benzene rings is 1. The van der Waals surface area contributed by atoms with Gasteiger partial charge in [0.05, 0.1) is 5.41 Å². The predicted octanol–water partition coefficient (Wildman–Crippen LogP) is 3.31. The van der Waals surface area contributed by atoms with E-state index in [-0.39, 0.29) is 11.2 Å². The highest BCUT2D eigenvalue weighted by Gasteiger charge is 2.44. The number of aromatic nitrogens is 2. The van der Waals surface area contributed by atoms with E-state index in [1.807, 2.05) is 6.07 Å². The fourth-order valence-corrected chi connectivity index (χ4v) is 3.83. The van der Waals surface area contributed by atoms with Crippen molar-refractivity contribution in [3.05, 3.63) is 35.5 Å². The first kappa shape index (κ1) is 13.9. The average molecular weight is 301 g/mol. The lowest BCUT2D eigenvalue weighted by molar-refractivity contribution is 0.0711. The van der Waals surface area contributed by atoms with Crippen LogP contribution in [-0.2, 0) is 5.41 Å². The zero-order chi connectivity index (χ0) is 15.2. The van der Waals surface area contributed by atoms with Crippen molar-refractivity contribution in [2.24, 2.45) is 0 Å². The summed E-state index contributed by atoms with van der Waals surface area (Å²) in [4.78, 5) is 7.10. The minimum Gasteiger partial charge on any atom is -0.338 e. The number of rotatable bonds is 2. The first-order chi connectivity index (χ1) is 10.7. The fraction of sp³-hybridized carbons (Fsp3) is 0.529. The summed E-state index contributed by atoms with van der Waals surface area (Å²) in [6, 6.07) is 5.08. The Morgan fingerprint density at radius 3 is 2.73 bits per heavy atom. The maximum Gasteiger partial charge on any atom is 0.234 e. The van der Waals surface area contributed by atoms with Gasteiger partial charge in [0.15, 0.2) is 0 Å². The van der Waals surface area contributed by atoms with Crippen LogP contribution < -0.4 is 0 Å². The highest BCUT2D eigenvalue weighted by molar-refractivity contribution is 5.55. The molecule has 0 atom stereocenters. The van der Waals surface area contributed by atoms with Crippen molar-refractivity contribution in [1.29, 1.82) is 0 Å². The van der Waals surface area contributed by atoms with E-state index in [4.69, 9.17) is 4.52 Å². The number of nitrogens with zero attached hydrogens (tertiary/aromatic N) is 3. The third kappa shape index (κ3) is 2.24. The Hall–Kier alpha value is -1.75. The highest BCUT2D eigenvalue weighted by atomic mass is 19.1. The first-order valence-corrected chi connectivity index (χ1v) is 7.99. The van der Waals surface area contributed by atoms with Crippen LogP contribution in [0.15, 0.2) is 22.7 Å². The Morgan fingerprint density at radius 2 is 2.00 bits per heavy atom. The largest absolute Gasteiger partial charge is 0.338 e. The number of aryl methyl sites for hydroxylation is 1. The standard InChI is InChI=1S/C17H20FN3O/c1-12-4-5-13(10-14(12)18)15-19-16(22-20-15)17-6-2-8-21(11-17)9-3-7-17/h4-5,10H,2-3,6-9,11H2,1H3. The molecule has 2 aliphatic rings. The van der Waals surface area contributed by atoms with Crippen molar-refractivity contribution in [2.45, 2.75) is 38.0 Å². The van der Waals surface area contributed by atoms with E-state index in [9.17, 15) is 4.39 Å². The monoisotopic (exact) mass is 301 g/mol. The molecule has 0 aliphatic carbocycles. The second-order valence-electron chi connectivity index (χ2n) is 6.65. The molecular formula is C17H20FN3O.